The summed E-state index contributed by atoms with van der Waals surface area (Å²) in [4.78, 5) is 30.4. The molecule has 0 spiro atoms. The van der Waals surface area contributed by atoms with Crippen molar-refractivity contribution in [3.05, 3.63) is 60.2 Å². The van der Waals surface area contributed by atoms with E-state index in [1.807, 2.05) is 6.07 Å². The van der Waals surface area contributed by atoms with Crippen molar-refractivity contribution in [3.8, 4) is 22.6 Å². The molecule has 7 nitrogen and oxygen atoms in total. The van der Waals surface area contributed by atoms with Crippen LogP contribution in [-0.4, -0.2) is 29.0 Å². The van der Waals surface area contributed by atoms with Crippen LogP contribution in [0.5, 0.6) is 11.5 Å². The number of hydrogen-bond acceptors (Lipinski definition) is 5. The second kappa shape index (κ2) is 9.06. The van der Waals surface area contributed by atoms with Crippen molar-refractivity contribution in [1.82, 2.24) is 0 Å². The Balaban J connectivity index is 2.57. The Hall–Kier alpha value is -2.60. The van der Waals surface area contributed by atoms with Gasteiger partial charge < -0.3 is 14.0 Å². The van der Waals surface area contributed by atoms with Gasteiger partial charge in [0.2, 0.25) is 0 Å². The van der Waals surface area contributed by atoms with Crippen LogP contribution in [0.4, 0.5) is 0 Å². The van der Waals surface area contributed by atoms with Crippen LogP contribution < -0.4 is 9.26 Å². The number of rotatable bonds is 8. The highest BCUT2D eigenvalue weighted by molar-refractivity contribution is 7.46. The van der Waals surface area contributed by atoms with E-state index in [-0.39, 0.29) is 17.7 Å². The van der Waals surface area contributed by atoms with Crippen LogP contribution >= 0.6 is 7.82 Å². The lowest BCUT2D eigenvalue weighted by Gasteiger charge is -2.21. The van der Waals surface area contributed by atoms with E-state index in [1.54, 1.807) is 44.2 Å². The van der Waals surface area contributed by atoms with Gasteiger partial charge in [-0.1, -0.05) is 36.9 Å². The molecular weight excluding hydrogens is 383 g/mol. The molecule has 0 aromatic heterocycles. The topological polar surface area (TPSA) is 102 Å². The van der Waals surface area contributed by atoms with Gasteiger partial charge >= 0.3 is 13.8 Å². The Kier molecular flexibility index (Phi) is 7.02. The van der Waals surface area contributed by atoms with Gasteiger partial charge in [-0.3, -0.25) is 9.79 Å². The molecule has 2 aromatic rings. The first-order chi connectivity index (χ1) is 13.1. The zero-order chi connectivity index (χ0) is 20.9. The molecule has 0 radical (unpaired) electrons. The van der Waals surface area contributed by atoms with Gasteiger partial charge in [0.15, 0.2) is 0 Å². The molecule has 1 atom stereocenters. The molecule has 2 N–H and O–H groups in total. The summed E-state index contributed by atoms with van der Waals surface area (Å²) >= 11 is 0. The van der Waals surface area contributed by atoms with Crippen LogP contribution in [0.25, 0.3) is 11.1 Å². The maximum absolute atomic E-state index is 11.8. The van der Waals surface area contributed by atoms with Gasteiger partial charge in [0.05, 0.1) is 7.11 Å². The fourth-order valence-electron chi connectivity index (χ4n) is 2.74. The van der Waals surface area contributed by atoms with Crippen LogP contribution in [0.1, 0.15) is 19.4 Å². The molecule has 0 heterocycles. The number of methoxy groups -OCH3 is 1. The smallest absolute Gasteiger partial charge is 0.496 e. The molecule has 28 heavy (non-hydrogen) atoms. The van der Waals surface area contributed by atoms with E-state index in [0.717, 1.165) is 0 Å². The minimum atomic E-state index is -4.79. The third-order valence-electron chi connectivity index (χ3n) is 3.88. The summed E-state index contributed by atoms with van der Waals surface area (Å²) in [5.41, 5.74) is 2.02. The number of phosphoric acid groups is 1. The summed E-state index contributed by atoms with van der Waals surface area (Å²) in [7, 11) is -3.30. The highest BCUT2D eigenvalue weighted by atomic mass is 31.2. The summed E-state index contributed by atoms with van der Waals surface area (Å²) in [6.07, 6.45) is -0.295. The van der Waals surface area contributed by atoms with E-state index in [2.05, 4.69) is 6.58 Å². The normalized spacial score (nSPS) is 12.2. The predicted molar refractivity (Wildman–Crippen MR) is 105 cm³/mol. The van der Waals surface area contributed by atoms with Crippen LogP contribution in [0.3, 0.4) is 0 Å². The van der Waals surface area contributed by atoms with Crippen molar-refractivity contribution < 1.29 is 33.1 Å². The highest BCUT2D eigenvalue weighted by Crippen LogP contribution is 2.46. The van der Waals surface area contributed by atoms with E-state index in [4.69, 9.17) is 14.0 Å². The molecule has 1 unspecified atom stereocenters. The molecule has 0 aliphatic heterocycles. The standard InChI is InChI=1S/C20H23O7P/c1-13(2)20(21)26-14(3)12-16-17(25-4)10-11-18(27-28(22,23)24)19(16)15-8-6-5-7-9-15/h5-11,14H,1,12H2,2-4H3,(H2,22,23,24). The van der Waals surface area contributed by atoms with Crippen molar-refractivity contribution in [3.63, 3.8) is 0 Å². The second-order valence-electron chi connectivity index (χ2n) is 6.27. The van der Waals surface area contributed by atoms with Gasteiger partial charge in [0.25, 0.3) is 0 Å². The van der Waals surface area contributed by atoms with E-state index < -0.39 is 19.9 Å². The maximum atomic E-state index is 11.8. The van der Waals surface area contributed by atoms with Crippen LogP contribution in [0.15, 0.2) is 54.6 Å². The lowest BCUT2D eigenvalue weighted by atomic mass is 9.94. The zero-order valence-corrected chi connectivity index (χ0v) is 16.8. The Morgan fingerprint density at radius 3 is 2.29 bits per heavy atom. The monoisotopic (exact) mass is 406 g/mol. The fraction of sp³-hybridized carbons (Fsp3) is 0.250. The average molecular weight is 406 g/mol. The quantitative estimate of drug-likeness (QED) is 0.390. The van der Waals surface area contributed by atoms with Gasteiger partial charge in [0, 0.05) is 23.1 Å². The molecule has 2 rings (SSSR count). The summed E-state index contributed by atoms with van der Waals surface area (Å²) in [6.45, 7) is 6.83. The number of hydrogen-bond donors (Lipinski definition) is 2. The molecule has 0 bridgehead atoms. The summed E-state index contributed by atoms with van der Waals surface area (Å²) in [5.74, 6) is -0.0285. The first-order valence-corrected chi connectivity index (χ1v) is 10.0. The number of phosphoric ester groups is 1. The molecule has 0 saturated carbocycles. The summed E-state index contributed by atoms with van der Waals surface area (Å²) < 4.78 is 27.2. The third-order valence-corrected chi connectivity index (χ3v) is 4.31. The van der Waals surface area contributed by atoms with Crippen LogP contribution in [0, 0.1) is 0 Å². The van der Waals surface area contributed by atoms with E-state index in [0.29, 0.717) is 22.4 Å². The molecule has 2 aromatic carbocycles. The van der Waals surface area contributed by atoms with Gasteiger partial charge in [0.1, 0.15) is 17.6 Å². The Bertz CT molecular complexity index is 902. The summed E-state index contributed by atoms with van der Waals surface area (Å²) in [5, 5.41) is 0. The van der Waals surface area contributed by atoms with Crippen molar-refractivity contribution >= 4 is 13.8 Å². The molecule has 8 heteroatoms. The Morgan fingerprint density at radius 2 is 1.75 bits per heavy atom. The van der Waals surface area contributed by atoms with E-state index in [1.165, 1.54) is 13.2 Å². The number of carbonyl (C=O) groups excluding carboxylic acids is 1. The van der Waals surface area contributed by atoms with Crippen molar-refractivity contribution in [2.75, 3.05) is 7.11 Å². The lowest BCUT2D eigenvalue weighted by molar-refractivity contribution is -0.143. The van der Waals surface area contributed by atoms with Crippen LogP contribution in [0.2, 0.25) is 0 Å². The number of esters is 1. The van der Waals surface area contributed by atoms with Gasteiger partial charge in [-0.15, -0.1) is 0 Å². The highest BCUT2D eigenvalue weighted by Gasteiger charge is 2.25. The first kappa shape index (κ1) is 21.7. The van der Waals surface area contributed by atoms with E-state index in [9.17, 15) is 19.1 Å². The van der Waals surface area contributed by atoms with Crippen molar-refractivity contribution in [1.29, 1.82) is 0 Å². The largest absolute Gasteiger partial charge is 0.524 e. The lowest BCUT2D eigenvalue weighted by Crippen LogP contribution is -2.18. The maximum Gasteiger partial charge on any atom is 0.524 e. The van der Waals surface area contributed by atoms with Gasteiger partial charge in [-0.05, 0) is 31.5 Å². The van der Waals surface area contributed by atoms with Crippen molar-refractivity contribution in [2.24, 2.45) is 0 Å². The second-order valence-corrected chi connectivity index (χ2v) is 7.43. The number of carbonyl (C=O) groups is 1. The fourth-order valence-corrected chi connectivity index (χ4v) is 3.15. The number of benzene rings is 2. The third kappa shape index (κ3) is 5.70. The van der Waals surface area contributed by atoms with Gasteiger partial charge in [-0.25, -0.2) is 9.36 Å². The number of ether oxygens (including phenoxy) is 2. The minimum absolute atomic E-state index is 0.00811. The minimum Gasteiger partial charge on any atom is -0.496 e. The Labute approximate surface area is 163 Å². The molecule has 150 valence electrons. The summed E-state index contributed by atoms with van der Waals surface area (Å²) in [6, 6.07) is 12.0. The first-order valence-electron chi connectivity index (χ1n) is 8.49. The zero-order valence-electron chi connectivity index (χ0n) is 15.9. The molecule has 0 amide bonds. The molecule has 0 fully saturated rings. The van der Waals surface area contributed by atoms with Crippen LogP contribution in [-0.2, 0) is 20.5 Å². The predicted octanol–water partition coefficient (Wildman–Crippen LogP) is 3.88. The molecule has 0 aliphatic carbocycles. The average Bonchev–Trinajstić information content (AvgIpc) is 2.61. The molecular formula is C20H23O7P. The molecule has 0 saturated heterocycles. The van der Waals surface area contributed by atoms with Crippen molar-refractivity contribution in [2.45, 2.75) is 26.4 Å². The van der Waals surface area contributed by atoms with E-state index >= 15 is 0 Å². The molecule has 0 aliphatic rings. The van der Waals surface area contributed by atoms with Gasteiger partial charge in [-0.2, -0.15) is 0 Å². The SMILES string of the molecule is C=C(C)C(=O)OC(C)Cc1c(OC)ccc(OP(=O)(O)O)c1-c1ccccc1. The Morgan fingerprint density at radius 1 is 1.14 bits per heavy atom.